The van der Waals surface area contributed by atoms with E-state index >= 15 is 0 Å². The van der Waals surface area contributed by atoms with Crippen molar-refractivity contribution < 1.29 is 18.7 Å². The van der Waals surface area contributed by atoms with Crippen molar-refractivity contribution in [2.45, 2.75) is 30.8 Å². The van der Waals surface area contributed by atoms with Crippen molar-refractivity contribution in [2.24, 2.45) is 0 Å². The first-order valence-corrected chi connectivity index (χ1v) is 8.39. The summed E-state index contributed by atoms with van der Waals surface area (Å²) in [6.45, 7) is 5.64. The standard InChI is InChI=1S/C19H24FNO3/c1-3-10-24-17-12-19(16-11-14(20)4-5-15(16)17)6-8-21(9-7-19)18(22)13-23-2/h3-5,11,17H,1,6-10,12-13H2,2H3/t17-/m1/s1. The Balaban J connectivity index is 1.81. The topological polar surface area (TPSA) is 38.8 Å². The Morgan fingerprint density at radius 3 is 2.88 bits per heavy atom. The lowest BCUT2D eigenvalue weighted by molar-refractivity contribution is -0.136. The van der Waals surface area contributed by atoms with Crippen molar-refractivity contribution in [3.63, 3.8) is 0 Å². The summed E-state index contributed by atoms with van der Waals surface area (Å²) >= 11 is 0. The molecule has 0 saturated carbocycles. The number of benzene rings is 1. The number of methoxy groups -OCH3 is 1. The van der Waals surface area contributed by atoms with Crippen molar-refractivity contribution in [3.05, 3.63) is 47.8 Å². The highest BCUT2D eigenvalue weighted by atomic mass is 19.1. The van der Waals surface area contributed by atoms with Gasteiger partial charge in [-0.25, -0.2) is 4.39 Å². The van der Waals surface area contributed by atoms with Crippen LogP contribution in [0.3, 0.4) is 0 Å². The second kappa shape index (κ2) is 7.03. The predicted octanol–water partition coefficient (Wildman–Crippen LogP) is 2.98. The molecule has 1 saturated heterocycles. The molecular weight excluding hydrogens is 309 g/mol. The van der Waals surface area contributed by atoms with E-state index in [0.29, 0.717) is 19.7 Å². The van der Waals surface area contributed by atoms with Crippen molar-refractivity contribution in [1.29, 1.82) is 0 Å². The summed E-state index contributed by atoms with van der Waals surface area (Å²) in [6, 6.07) is 4.99. The van der Waals surface area contributed by atoms with Gasteiger partial charge in [0.2, 0.25) is 5.91 Å². The highest BCUT2D eigenvalue weighted by molar-refractivity contribution is 5.77. The zero-order chi connectivity index (χ0) is 17.2. The molecule has 1 aliphatic carbocycles. The van der Waals surface area contributed by atoms with Gasteiger partial charge in [-0.3, -0.25) is 4.79 Å². The number of hydrogen-bond donors (Lipinski definition) is 0. The van der Waals surface area contributed by atoms with Crippen LogP contribution in [0.1, 0.15) is 36.5 Å². The quantitative estimate of drug-likeness (QED) is 0.778. The van der Waals surface area contributed by atoms with Crippen molar-refractivity contribution in [1.82, 2.24) is 4.90 Å². The maximum Gasteiger partial charge on any atom is 0.248 e. The Morgan fingerprint density at radius 1 is 1.46 bits per heavy atom. The highest BCUT2D eigenvalue weighted by Gasteiger charge is 2.46. The molecule has 0 unspecified atom stereocenters. The number of halogens is 1. The van der Waals surface area contributed by atoms with Gasteiger partial charge in [0.05, 0.1) is 12.7 Å². The Bertz CT molecular complexity index is 623. The zero-order valence-electron chi connectivity index (χ0n) is 14.1. The molecule has 1 amide bonds. The third-order valence-electron chi connectivity index (χ3n) is 5.27. The monoisotopic (exact) mass is 333 g/mol. The number of amides is 1. The molecule has 5 heteroatoms. The number of ether oxygens (including phenoxy) is 2. The minimum Gasteiger partial charge on any atom is -0.375 e. The van der Waals surface area contributed by atoms with E-state index in [9.17, 15) is 9.18 Å². The summed E-state index contributed by atoms with van der Waals surface area (Å²) < 4.78 is 24.7. The number of fused-ring (bicyclic) bond motifs is 2. The summed E-state index contributed by atoms with van der Waals surface area (Å²) in [7, 11) is 1.53. The Morgan fingerprint density at radius 2 is 2.21 bits per heavy atom. The first kappa shape index (κ1) is 17.1. The molecule has 1 aliphatic heterocycles. The van der Waals surface area contributed by atoms with Crippen LogP contribution >= 0.6 is 0 Å². The molecular formula is C19H24FNO3. The number of hydrogen-bond acceptors (Lipinski definition) is 3. The van der Waals surface area contributed by atoms with Crippen molar-refractivity contribution in [3.8, 4) is 0 Å². The molecule has 1 aromatic carbocycles. The van der Waals surface area contributed by atoms with Crippen LogP contribution in [0.25, 0.3) is 0 Å². The average molecular weight is 333 g/mol. The molecule has 0 aromatic heterocycles. The zero-order valence-corrected chi connectivity index (χ0v) is 14.1. The van der Waals surface area contributed by atoms with Gasteiger partial charge in [0.15, 0.2) is 0 Å². The molecule has 0 bridgehead atoms. The maximum atomic E-state index is 13.8. The number of carbonyl (C=O) groups excluding carboxylic acids is 1. The van der Waals surface area contributed by atoms with E-state index < -0.39 is 0 Å². The third-order valence-corrected chi connectivity index (χ3v) is 5.27. The van der Waals surface area contributed by atoms with Gasteiger partial charge >= 0.3 is 0 Å². The van der Waals surface area contributed by atoms with E-state index in [1.165, 1.54) is 13.2 Å². The van der Waals surface area contributed by atoms with Crippen LogP contribution in [0.5, 0.6) is 0 Å². The molecule has 0 N–H and O–H groups in total. The van der Waals surface area contributed by atoms with Crippen LogP contribution in [0.4, 0.5) is 4.39 Å². The van der Waals surface area contributed by atoms with Crippen LogP contribution in [0, 0.1) is 5.82 Å². The molecule has 130 valence electrons. The lowest BCUT2D eigenvalue weighted by atomic mass is 9.73. The molecule has 1 aromatic rings. The molecule has 1 atom stereocenters. The van der Waals surface area contributed by atoms with E-state index in [1.807, 2.05) is 11.0 Å². The number of nitrogens with zero attached hydrogens (tertiary/aromatic N) is 1. The second-order valence-corrected chi connectivity index (χ2v) is 6.64. The van der Waals surface area contributed by atoms with Crippen molar-refractivity contribution >= 4 is 5.91 Å². The molecule has 1 spiro atoms. The summed E-state index contributed by atoms with van der Waals surface area (Å²) in [5.74, 6) is -0.195. The molecule has 24 heavy (non-hydrogen) atoms. The lowest BCUT2D eigenvalue weighted by Gasteiger charge is -2.40. The van der Waals surface area contributed by atoms with Crippen molar-refractivity contribution in [2.75, 3.05) is 33.4 Å². The highest BCUT2D eigenvalue weighted by Crippen LogP contribution is 2.52. The summed E-state index contributed by atoms with van der Waals surface area (Å²) in [6.07, 6.45) is 4.20. The fourth-order valence-electron chi connectivity index (χ4n) is 4.05. The van der Waals surface area contributed by atoms with Gasteiger partial charge in [-0.05, 0) is 42.5 Å². The van der Waals surface area contributed by atoms with Gasteiger partial charge < -0.3 is 14.4 Å². The fourth-order valence-corrected chi connectivity index (χ4v) is 4.05. The van der Waals surface area contributed by atoms with E-state index in [4.69, 9.17) is 9.47 Å². The fraction of sp³-hybridized carbons (Fsp3) is 0.526. The molecule has 4 nitrogen and oxygen atoms in total. The van der Waals surface area contributed by atoms with Gasteiger partial charge in [0.25, 0.3) is 0 Å². The predicted molar refractivity (Wildman–Crippen MR) is 89.3 cm³/mol. The smallest absolute Gasteiger partial charge is 0.248 e. The molecule has 0 radical (unpaired) electrons. The molecule has 1 heterocycles. The number of piperidine rings is 1. The van der Waals surface area contributed by atoms with Crippen LogP contribution < -0.4 is 0 Å². The number of likely N-dealkylation sites (tertiary alicyclic amines) is 1. The van der Waals surface area contributed by atoms with Crippen LogP contribution in [0.2, 0.25) is 0 Å². The van der Waals surface area contributed by atoms with E-state index in [0.717, 1.165) is 30.4 Å². The van der Waals surface area contributed by atoms with Gasteiger partial charge in [0.1, 0.15) is 12.4 Å². The van der Waals surface area contributed by atoms with Crippen LogP contribution in [-0.4, -0.2) is 44.2 Å². The van der Waals surface area contributed by atoms with Gasteiger partial charge in [-0.2, -0.15) is 0 Å². The average Bonchev–Trinajstić information content (AvgIpc) is 2.87. The van der Waals surface area contributed by atoms with Gasteiger partial charge in [-0.15, -0.1) is 6.58 Å². The van der Waals surface area contributed by atoms with Crippen LogP contribution in [0.15, 0.2) is 30.9 Å². The normalized spacial score (nSPS) is 21.8. The summed E-state index contributed by atoms with van der Waals surface area (Å²) in [5, 5.41) is 0. The first-order chi connectivity index (χ1) is 11.6. The minimum atomic E-state index is -0.213. The Kier molecular flexibility index (Phi) is 5.01. The summed E-state index contributed by atoms with van der Waals surface area (Å²) in [4.78, 5) is 13.9. The Labute approximate surface area is 142 Å². The third kappa shape index (κ3) is 3.10. The van der Waals surface area contributed by atoms with E-state index in [1.54, 1.807) is 12.1 Å². The van der Waals surface area contributed by atoms with E-state index in [-0.39, 0.29) is 29.9 Å². The second-order valence-electron chi connectivity index (χ2n) is 6.64. The van der Waals surface area contributed by atoms with E-state index in [2.05, 4.69) is 6.58 Å². The minimum absolute atomic E-state index is 0.0178. The van der Waals surface area contributed by atoms with Gasteiger partial charge in [0, 0.05) is 25.6 Å². The molecule has 3 rings (SSSR count). The Hall–Kier alpha value is -1.72. The molecule has 1 fully saturated rings. The maximum absolute atomic E-state index is 13.8. The van der Waals surface area contributed by atoms with Crippen LogP contribution in [-0.2, 0) is 19.7 Å². The SMILES string of the molecule is C=CCO[C@@H]1CC2(CCN(C(=O)COC)CC2)c2cc(F)ccc21. The lowest BCUT2D eigenvalue weighted by Crippen LogP contribution is -2.45. The molecule has 2 aliphatic rings. The largest absolute Gasteiger partial charge is 0.375 e. The first-order valence-electron chi connectivity index (χ1n) is 8.39. The number of rotatable bonds is 5. The number of carbonyl (C=O) groups is 1. The summed E-state index contributed by atoms with van der Waals surface area (Å²) in [5.41, 5.74) is 2.03. The van der Waals surface area contributed by atoms with Gasteiger partial charge in [-0.1, -0.05) is 12.1 Å².